The Morgan fingerprint density at radius 1 is 0.571 bits per heavy atom. The van der Waals surface area contributed by atoms with E-state index in [0.717, 1.165) is 12.8 Å². The van der Waals surface area contributed by atoms with Gasteiger partial charge in [-0.15, -0.1) is 0 Å². The predicted octanol–water partition coefficient (Wildman–Crippen LogP) is 6.93. The number of aryl methyl sites for hydroxylation is 1. The van der Waals surface area contributed by atoms with Crippen molar-refractivity contribution in [1.29, 1.82) is 0 Å². The molecule has 0 saturated carbocycles. The Bertz CT molecular complexity index is 819. The molecule has 0 amide bonds. The molecule has 1 aliphatic carbocycles. The van der Waals surface area contributed by atoms with Gasteiger partial charge in [0.25, 0.3) is 0 Å². The number of rotatable bonds is 11. The van der Waals surface area contributed by atoms with Crippen molar-refractivity contribution in [2.45, 2.75) is 77.6 Å². The largest absolute Gasteiger partial charge is 0.289 e. The van der Waals surface area contributed by atoms with Gasteiger partial charge in [-0.1, -0.05) is 101 Å². The maximum atomic E-state index is 12.8. The highest BCUT2D eigenvalue weighted by Crippen LogP contribution is 2.28. The van der Waals surface area contributed by atoms with E-state index < -0.39 is 0 Å². The molecule has 148 valence electrons. The van der Waals surface area contributed by atoms with E-state index in [0.29, 0.717) is 22.3 Å². The number of unbranched alkanes of at least 4 members (excludes halogenated alkanes) is 9. The number of fused-ring (bicyclic) bond motifs is 2. The average Bonchev–Trinajstić information content (AvgIpc) is 2.73. The first-order valence-electron chi connectivity index (χ1n) is 11.0. The lowest BCUT2D eigenvalue weighted by molar-refractivity contribution is 0.0979. The Balaban J connectivity index is 1.46. The third kappa shape index (κ3) is 4.98. The molecule has 0 fully saturated rings. The highest BCUT2D eigenvalue weighted by atomic mass is 16.1. The molecule has 0 aromatic heterocycles. The van der Waals surface area contributed by atoms with Gasteiger partial charge in [0.1, 0.15) is 0 Å². The zero-order valence-corrected chi connectivity index (χ0v) is 17.1. The fourth-order valence-corrected chi connectivity index (χ4v) is 4.12. The van der Waals surface area contributed by atoms with Gasteiger partial charge in [-0.05, 0) is 24.5 Å². The standard InChI is InChI=1S/C26H32O2/c1-2-3-4-5-6-7-8-9-10-11-14-20-17-18-23-24(19-20)26(28)22-16-13-12-15-21(22)25(23)27/h12-13,15-19H,2-11,14H2,1H3. The molecule has 0 aliphatic heterocycles. The number of hydrogen-bond acceptors (Lipinski definition) is 2. The van der Waals surface area contributed by atoms with Crippen LogP contribution in [0, 0.1) is 0 Å². The maximum absolute atomic E-state index is 12.8. The second-order valence-corrected chi connectivity index (χ2v) is 8.02. The molecule has 1 aliphatic rings. The minimum atomic E-state index is -0.0318. The Kier molecular flexibility index (Phi) is 7.59. The smallest absolute Gasteiger partial charge is 0.194 e. The van der Waals surface area contributed by atoms with Gasteiger partial charge in [-0.2, -0.15) is 0 Å². The number of carbonyl (C=O) groups excluding carboxylic acids is 2. The van der Waals surface area contributed by atoms with Crippen LogP contribution in [0.1, 0.15) is 109 Å². The third-order valence-corrected chi connectivity index (χ3v) is 5.81. The minimum absolute atomic E-state index is 0.0184. The topological polar surface area (TPSA) is 34.1 Å². The Morgan fingerprint density at radius 2 is 1.07 bits per heavy atom. The zero-order chi connectivity index (χ0) is 19.8. The summed E-state index contributed by atoms with van der Waals surface area (Å²) in [6, 6.07) is 12.9. The highest BCUT2D eigenvalue weighted by Gasteiger charge is 2.29. The SMILES string of the molecule is CCCCCCCCCCCCc1ccc2c(c1)C(=O)c1ccccc1C2=O. The first-order valence-corrected chi connectivity index (χ1v) is 11.0. The van der Waals surface area contributed by atoms with E-state index in [4.69, 9.17) is 0 Å². The molecule has 3 rings (SSSR count). The van der Waals surface area contributed by atoms with Crippen molar-refractivity contribution < 1.29 is 9.59 Å². The van der Waals surface area contributed by atoms with Crippen molar-refractivity contribution in [1.82, 2.24) is 0 Å². The number of ketones is 2. The van der Waals surface area contributed by atoms with Crippen LogP contribution in [-0.2, 0) is 6.42 Å². The molecular weight excluding hydrogens is 344 g/mol. The molecule has 2 aromatic carbocycles. The molecule has 2 nitrogen and oxygen atoms in total. The summed E-state index contributed by atoms with van der Waals surface area (Å²) in [5.41, 5.74) is 3.36. The third-order valence-electron chi connectivity index (χ3n) is 5.81. The van der Waals surface area contributed by atoms with E-state index in [1.807, 2.05) is 30.3 Å². The zero-order valence-electron chi connectivity index (χ0n) is 17.1. The molecule has 2 heteroatoms. The maximum Gasteiger partial charge on any atom is 0.194 e. The van der Waals surface area contributed by atoms with Gasteiger partial charge >= 0.3 is 0 Å². The van der Waals surface area contributed by atoms with Crippen LogP contribution in [0.5, 0.6) is 0 Å². The van der Waals surface area contributed by atoms with Crippen LogP contribution >= 0.6 is 0 Å². The predicted molar refractivity (Wildman–Crippen MR) is 115 cm³/mol. The molecule has 2 aromatic rings. The summed E-state index contributed by atoms with van der Waals surface area (Å²) in [6.45, 7) is 2.26. The van der Waals surface area contributed by atoms with Gasteiger partial charge in [-0.25, -0.2) is 0 Å². The van der Waals surface area contributed by atoms with Gasteiger partial charge in [0.15, 0.2) is 11.6 Å². The molecular formula is C26H32O2. The fourth-order valence-electron chi connectivity index (χ4n) is 4.12. The Labute approximate surface area is 169 Å². The second-order valence-electron chi connectivity index (χ2n) is 8.02. The minimum Gasteiger partial charge on any atom is -0.289 e. The average molecular weight is 377 g/mol. The summed E-state index contributed by atoms with van der Waals surface area (Å²) in [6.07, 6.45) is 14.2. The van der Waals surface area contributed by atoms with E-state index in [2.05, 4.69) is 6.92 Å². The van der Waals surface area contributed by atoms with E-state index in [-0.39, 0.29) is 11.6 Å². The fraction of sp³-hybridized carbons (Fsp3) is 0.462. The van der Waals surface area contributed by atoms with Crippen LogP contribution < -0.4 is 0 Å². The van der Waals surface area contributed by atoms with Gasteiger partial charge < -0.3 is 0 Å². The van der Waals surface area contributed by atoms with Crippen molar-refractivity contribution in [2.24, 2.45) is 0 Å². The Morgan fingerprint density at radius 3 is 1.68 bits per heavy atom. The molecule has 0 N–H and O–H groups in total. The summed E-state index contributed by atoms with van der Waals surface area (Å²) < 4.78 is 0. The van der Waals surface area contributed by atoms with Gasteiger partial charge in [0.2, 0.25) is 0 Å². The summed E-state index contributed by atoms with van der Waals surface area (Å²) >= 11 is 0. The van der Waals surface area contributed by atoms with Gasteiger partial charge in [-0.3, -0.25) is 9.59 Å². The van der Waals surface area contributed by atoms with Crippen molar-refractivity contribution in [3.63, 3.8) is 0 Å². The molecule has 0 saturated heterocycles. The lowest BCUT2D eigenvalue weighted by atomic mass is 9.83. The van der Waals surface area contributed by atoms with Crippen LogP contribution in [0.4, 0.5) is 0 Å². The number of hydrogen-bond donors (Lipinski definition) is 0. The monoisotopic (exact) mass is 376 g/mol. The van der Waals surface area contributed by atoms with E-state index >= 15 is 0 Å². The van der Waals surface area contributed by atoms with Gasteiger partial charge in [0.05, 0.1) is 0 Å². The quantitative estimate of drug-likeness (QED) is 0.340. The first kappa shape index (κ1) is 20.5. The summed E-state index contributed by atoms with van der Waals surface area (Å²) in [5.74, 6) is -0.0502. The number of carbonyl (C=O) groups is 2. The molecule has 0 radical (unpaired) electrons. The van der Waals surface area contributed by atoms with Crippen molar-refractivity contribution in [3.8, 4) is 0 Å². The van der Waals surface area contributed by atoms with E-state index in [1.54, 1.807) is 12.1 Å². The molecule has 0 spiro atoms. The molecule has 0 bridgehead atoms. The lowest BCUT2D eigenvalue weighted by Crippen LogP contribution is -2.20. The van der Waals surface area contributed by atoms with Crippen molar-refractivity contribution >= 4 is 11.6 Å². The summed E-state index contributed by atoms with van der Waals surface area (Å²) in [7, 11) is 0. The molecule has 0 unspecified atom stereocenters. The number of benzene rings is 2. The van der Waals surface area contributed by atoms with Crippen molar-refractivity contribution in [2.75, 3.05) is 0 Å². The van der Waals surface area contributed by atoms with Crippen LogP contribution in [0.25, 0.3) is 0 Å². The molecule has 0 heterocycles. The van der Waals surface area contributed by atoms with Gasteiger partial charge in [0, 0.05) is 22.3 Å². The van der Waals surface area contributed by atoms with Crippen LogP contribution in [0.3, 0.4) is 0 Å². The lowest BCUT2D eigenvalue weighted by Gasteiger charge is -2.18. The highest BCUT2D eigenvalue weighted by molar-refractivity contribution is 6.28. The molecule has 0 atom stereocenters. The molecule has 28 heavy (non-hydrogen) atoms. The van der Waals surface area contributed by atoms with Crippen LogP contribution in [0.15, 0.2) is 42.5 Å². The Hall–Kier alpha value is -2.22. The van der Waals surface area contributed by atoms with Crippen molar-refractivity contribution in [3.05, 3.63) is 70.3 Å². The summed E-state index contributed by atoms with van der Waals surface area (Å²) in [5, 5.41) is 0. The second kappa shape index (κ2) is 10.4. The summed E-state index contributed by atoms with van der Waals surface area (Å²) in [4.78, 5) is 25.5. The normalized spacial score (nSPS) is 12.8. The van der Waals surface area contributed by atoms with Crippen LogP contribution in [-0.4, -0.2) is 11.6 Å². The first-order chi connectivity index (χ1) is 13.7. The van der Waals surface area contributed by atoms with Crippen LogP contribution in [0.2, 0.25) is 0 Å². The van der Waals surface area contributed by atoms with E-state index in [1.165, 1.54) is 63.4 Å². The van der Waals surface area contributed by atoms with E-state index in [9.17, 15) is 9.59 Å².